The molecular weight excluding hydrogens is 390 g/mol. The molecule has 5 rings (SSSR count). The number of aromatic nitrogens is 6. The summed E-state index contributed by atoms with van der Waals surface area (Å²) in [5, 5.41) is 17.2. The van der Waals surface area contributed by atoms with Gasteiger partial charge in [0.15, 0.2) is 0 Å². The van der Waals surface area contributed by atoms with Crippen LogP contribution < -0.4 is 5.32 Å². The number of halogens is 1. The second-order valence-corrected chi connectivity index (χ2v) is 6.99. The van der Waals surface area contributed by atoms with E-state index in [-0.39, 0.29) is 0 Å². The lowest BCUT2D eigenvalue weighted by Crippen LogP contribution is -1.99. The van der Waals surface area contributed by atoms with Crippen LogP contribution in [0.5, 0.6) is 0 Å². The molecule has 8 nitrogen and oxygen atoms in total. The number of aromatic amines is 1. The molecule has 2 N–H and O–H groups in total. The Balaban J connectivity index is 1.43. The fraction of sp³-hybridized carbons (Fsp3) is 0.100. The van der Waals surface area contributed by atoms with Gasteiger partial charge in [0, 0.05) is 53.7 Å². The smallest absolute Gasteiger partial charge is 0.316 e. The maximum absolute atomic E-state index is 6.19. The van der Waals surface area contributed by atoms with Crippen LogP contribution >= 0.6 is 11.6 Å². The Labute approximate surface area is 170 Å². The first-order valence-corrected chi connectivity index (χ1v) is 9.32. The normalized spacial score (nSPS) is 11.2. The van der Waals surface area contributed by atoms with Crippen molar-refractivity contribution in [2.24, 2.45) is 7.05 Å². The molecule has 144 valence electrons. The van der Waals surface area contributed by atoms with Gasteiger partial charge in [0.25, 0.3) is 5.89 Å². The van der Waals surface area contributed by atoms with E-state index in [1.807, 2.05) is 56.0 Å². The lowest BCUT2D eigenvalue weighted by Gasteiger charge is -2.03. The molecule has 0 bridgehead atoms. The lowest BCUT2D eigenvalue weighted by molar-refractivity contribution is 0.581. The van der Waals surface area contributed by atoms with Crippen LogP contribution in [0.25, 0.3) is 33.6 Å². The van der Waals surface area contributed by atoms with E-state index in [4.69, 9.17) is 16.0 Å². The van der Waals surface area contributed by atoms with Crippen LogP contribution in [0.3, 0.4) is 0 Å². The highest BCUT2D eigenvalue weighted by Gasteiger charge is 2.15. The monoisotopic (exact) mass is 405 g/mol. The molecule has 4 aromatic heterocycles. The van der Waals surface area contributed by atoms with Crippen molar-refractivity contribution in [1.82, 2.24) is 29.9 Å². The number of H-pyrrole nitrogens is 1. The van der Waals surface area contributed by atoms with E-state index in [0.717, 1.165) is 33.3 Å². The molecule has 0 amide bonds. The van der Waals surface area contributed by atoms with Crippen LogP contribution in [0.15, 0.2) is 59.5 Å². The molecule has 0 unspecified atom stereocenters. The minimum Gasteiger partial charge on any atom is -0.403 e. The van der Waals surface area contributed by atoms with Crippen molar-refractivity contribution in [1.29, 1.82) is 0 Å². The molecule has 0 atom stereocenters. The van der Waals surface area contributed by atoms with E-state index >= 15 is 0 Å². The first kappa shape index (κ1) is 17.4. The number of benzene rings is 1. The summed E-state index contributed by atoms with van der Waals surface area (Å²) in [6.07, 6.45) is 7.37. The van der Waals surface area contributed by atoms with Gasteiger partial charge in [-0.3, -0.25) is 4.68 Å². The quantitative estimate of drug-likeness (QED) is 0.453. The van der Waals surface area contributed by atoms with Gasteiger partial charge in [0.2, 0.25) is 0 Å². The first-order valence-electron chi connectivity index (χ1n) is 8.95. The maximum Gasteiger partial charge on any atom is 0.316 e. The van der Waals surface area contributed by atoms with Crippen molar-refractivity contribution in [3.05, 3.63) is 65.7 Å². The van der Waals surface area contributed by atoms with Crippen LogP contribution in [0.4, 0.5) is 6.01 Å². The van der Waals surface area contributed by atoms with Gasteiger partial charge in [-0.15, -0.1) is 5.10 Å². The van der Waals surface area contributed by atoms with Gasteiger partial charge in [-0.1, -0.05) is 34.9 Å². The van der Waals surface area contributed by atoms with Crippen LogP contribution in [-0.4, -0.2) is 29.9 Å². The Morgan fingerprint density at radius 1 is 1.17 bits per heavy atom. The number of anilines is 1. The third kappa shape index (κ3) is 3.34. The predicted octanol–water partition coefficient (Wildman–Crippen LogP) is 4.28. The van der Waals surface area contributed by atoms with Gasteiger partial charge in [-0.25, -0.2) is 4.98 Å². The summed E-state index contributed by atoms with van der Waals surface area (Å²) in [7, 11) is 1.88. The minimum absolute atomic E-state index is 0.325. The Morgan fingerprint density at radius 2 is 2.07 bits per heavy atom. The van der Waals surface area contributed by atoms with Gasteiger partial charge >= 0.3 is 6.01 Å². The first-order chi connectivity index (χ1) is 14.2. The standard InChI is InChI=1S/C20H16ClN7O/c1-28-11-14(9-25-28)13-6-15-16(10-23-18(15)22-8-13)19-26-27-20(29-19)24-7-12-4-2-3-5-17(12)21/h2-6,8-11H,7H2,1H3,(H,22,23)(H,24,27). The Bertz CT molecular complexity index is 1300. The molecule has 0 radical (unpaired) electrons. The SMILES string of the molecule is Cn1cc(-c2cnc3[nH]cc(-c4nnc(NCc5ccccc5Cl)o4)c3c2)cn1. The van der Waals surface area contributed by atoms with Crippen molar-refractivity contribution < 1.29 is 4.42 Å². The third-order valence-electron chi connectivity index (χ3n) is 4.61. The fourth-order valence-electron chi connectivity index (χ4n) is 3.12. The zero-order valence-corrected chi connectivity index (χ0v) is 16.2. The second-order valence-electron chi connectivity index (χ2n) is 6.58. The van der Waals surface area contributed by atoms with Crippen LogP contribution in [0.2, 0.25) is 5.02 Å². The van der Waals surface area contributed by atoms with E-state index in [1.54, 1.807) is 10.9 Å². The topological polar surface area (TPSA) is 97.5 Å². The Morgan fingerprint density at radius 3 is 2.90 bits per heavy atom. The molecule has 1 aromatic carbocycles. The molecule has 0 saturated heterocycles. The highest BCUT2D eigenvalue weighted by molar-refractivity contribution is 6.31. The van der Waals surface area contributed by atoms with E-state index < -0.39 is 0 Å². The summed E-state index contributed by atoms with van der Waals surface area (Å²) in [4.78, 5) is 7.64. The van der Waals surface area contributed by atoms with Crippen LogP contribution in [0, 0.1) is 0 Å². The molecular formula is C20H16ClN7O. The highest BCUT2D eigenvalue weighted by atomic mass is 35.5. The highest BCUT2D eigenvalue weighted by Crippen LogP contribution is 2.31. The molecule has 0 aliphatic rings. The number of nitrogens with one attached hydrogen (secondary N) is 2. The minimum atomic E-state index is 0.325. The molecule has 29 heavy (non-hydrogen) atoms. The molecule has 0 aliphatic carbocycles. The largest absolute Gasteiger partial charge is 0.403 e. The van der Waals surface area contributed by atoms with Gasteiger partial charge < -0.3 is 14.7 Å². The van der Waals surface area contributed by atoms with Gasteiger partial charge in [-0.2, -0.15) is 5.10 Å². The molecule has 0 spiro atoms. The van der Waals surface area contributed by atoms with Crippen molar-refractivity contribution in [2.45, 2.75) is 6.54 Å². The van der Waals surface area contributed by atoms with Crippen molar-refractivity contribution in [3.8, 4) is 22.6 Å². The van der Waals surface area contributed by atoms with Gasteiger partial charge in [0.1, 0.15) is 5.65 Å². The number of fused-ring (bicyclic) bond motifs is 1. The number of rotatable bonds is 5. The molecule has 5 aromatic rings. The van der Waals surface area contributed by atoms with E-state index in [2.05, 4.69) is 30.6 Å². The Hall–Kier alpha value is -3.65. The van der Waals surface area contributed by atoms with E-state index in [1.165, 1.54) is 0 Å². The number of aryl methyl sites for hydroxylation is 1. The fourth-order valence-corrected chi connectivity index (χ4v) is 3.33. The number of hydrogen-bond acceptors (Lipinski definition) is 6. The zero-order chi connectivity index (χ0) is 19.8. The van der Waals surface area contributed by atoms with Crippen LogP contribution in [0.1, 0.15) is 5.56 Å². The summed E-state index contributed by atoms with van der Waals surface area (Å²) < 4.78 is 7.56. The number of pyridine rings is 1. The lowest BCUT2D eigenvalue weighted by atomic mass is 10.1. The van der Waals surface area contributed by atoms with Crippen molar-refractivity contribution in [3.63, 3.8) is 0 Å². The van der Waals surface area contributed by atoms with E-state index in [0.29, 0.717) is 23.5 Å². The molecule has 0 saturated carbocycles. The molecule has 0 fully saturated rings. The van der Waals surface area contributed by atoms with Crippen molar-refractivity contribution in [2.75, 3.05) is 5.32 Å². The average molecular weight is 406 g/mol. The molecule has 4 heterocycles. The van der Waals surface area contributed by atoms with Crippen LogP contribution in [-0.2, 0) is 13.6 Å². The number of hydrogen-bond donors (Lipinski definition) is 2. The van der Waals surface area contributed by atoms with E-state index in [9.17, 15) is 0 Å². The Kier molecular flexibility index (Phi) is 4.25. The summed E-state index contributed by atoms with van der Waals surface area (Å²) >= 11 is 6.19. The van der Waals surface area contributed by atoms with Gasteiger partial charge in [0.05, 0.1) is 11.8 Å². The third-order valence-corrected chi connectivity index (χ3v) is 4.98. The predicted molar refractivity (Wildman–Crippen MR) is 110 cm³/mol. The van der Waals surface area contributed by atoms with Crippen molar-refractivity contribution >= 4 is 28.6 Å². The average Bonchev–Trinajstić information content (AvgIpc) is 3.46. The summed E-state index contributed by atoms with van der Waals surface area (Å²) in [5.74, 6) is 0.406. The zero-order valence-electron chi connectivity index (χ0n) is 15.4. The maximum atomic E-state index is 6.19. The summed E-state index contributed by atoms with van der Waals surface area (Å²) in [6.45, 7) is 0.488. The summed E-state index contributed by atoms with van der Waals surface area (Å²) in [6, 6.07) is 9.97. The molecule has 9 heteroatoms. The van der Waals surface area contributed by atoms with Gasteiger partial charge in [-0.05, 0) is 17.7 Å². The summed E-state index contributed by atoms with van der Waals surface area (Å²) in [5.41, 5.74) is 4.43. The second kappa shape index (κ2) is 7.06. The number of nitrogens with zero attached hydrogens (tertiary/aromatic N) is 5. The molecule has 0 aliphatic heterocycles.